The highest BCUT2D eigenvalue weighted by molar-refractivity contribution is 5.43. The molecule has 1 aliphatic rings. The molecule has 74 valence electrons. The molecule has 0 spiro atoms. The molecule has 0 bridgehead atoms. The van der Waals surface area contributed by atoms with Gasteiger partial charge in [-0.25, -0.2) is 0 Å². The summed E-state index contributed by atoms with van der Waals surface area (Å²) in [5.74, 6) is 1.52. The van der Waals surface area contributed by atoms with Crippen LogP contribution in [0.15, 0.2) is 30.4 Å². The van der Waals surface area contributed by atoms with Crippen LogP contribution < -0.4 is 4.74 Å². The maximum atomic E-state index is 9.70. The van der Waals surface area contributed by atoms with Gasteiger partial charge in [0, 0.05) is 11.5 Å². The summed E-state index contributed by atoms with van der Waals surface area (Å²) < 4.78 is 5.13. The molecule has 0 aliphatic heterocycles. The fourth-order valence-corrected chi connectivity index (χ4v) is 1.85. The summed E-state index contributed by atoms with van der Waals surface area (Å²) in [6, 6.07) is 5.38. The highest BCUT2D eigenvalue weighted by Gasteiger charge is 2.15. The molecular formula is C12H14O2. The number of allylic oxidation sites excluding steroid dienone is 2. The van der Waals surface area contributed by atoms with E-state index >= 15 is 0 Å². The number of ether oxygens (including phenoxy) is 1. The van der Waals surface area contributed by atoms with Gasteiger partial charge in [0.2, 0.25) is 0 Å². The van der Waals surface area contributed by atoms with Gasteiger partial charge in [0.1, 0.15) is 11.5 Å². The topological polar surface area (TPSA) is 29.5 Å². The monoisotopic (exact) mass is 190 g/mol. The summed E-state index contributed by atoms with van der Waals surface area (Å²) in [4.78, 5) is 0. The standard InChI is InChI=1S/C12H14O2/c1-14-10-6-7-12(13)11(8-10)9-4-2-3-5-9/h2,4,6-9,13H,3,5H2,1H3/t9-/m1/s1. The van der Waals surface area contributed by atoms with Crippen LogP contribution in [-0.2, 0) is 0 Å². The second-order valence-electron chi connectivity index (χ2n) is 3.54. The van der Waals surface area contributed by atoms with Crippen LogP contribution in [0, 0.1) is 0 Å². The minimum absolute atomic E-state index is 0.352. The van der Waals surface area contributed by atoms with Gasteiger partial charge in [0.15, 0.2) is 0 Å². The van der Waals surface area contributed by atoms with Crippen molar-refractivity contribution in [3.05, 3.63) is 35.9 Å². The molecule has 2 rings (SSSR count). The third kappa shape index (κ3) is 1.60. The molecule has 0 unspecified atom stereocenters. The number of phenols is 1. The first-order valence-electron chi connectivity index (χ1n) is 4.85. The molecule has 14 heavy (non-hydrogen) atoms. The van der Waals surface area contributed by atoms with Crippen molar-refractivity contribution in [1.82, 2.24) is 0 Å². The highest BCUT2D eigenvalue weighted by atomic mass is 16.5. The van der Waals surface area contributed by atoms with E-state index in [0.29, 0.717) is 11.7 Å². The molecule has 0 saturated carbocycles. The van der Waals surface area contributed by atoms with Gasteiger partial charge < -0.3 is 9.84 Å². The minimum Gasteiger partial charge on any atom is -0.508 e. The van der Waals surface area contributed by atoms with E-state index in [4.69, 9.17) is 4.74 Å². The SMILES string of the molecule is COc1ccc(O)c([C@@H]2C=CCC2)c1. The van der Waals surface area contributed by atoms with Crippen molar-refractivity contribution in [2.45, 2.75) is 18.8 Å². The van der Waals surface area contributed by atoms with E-state index in [1.807, 2.05) is 6.07 Å². The second-order valence-corrected chi connectivity index (χ2v) is 3.54. The number of phenolic OH excluding ortho intramolecular Hbond substituents is 1. The third-order valence-electron chi connectivity index (χ3n) is 2.65. The van der Waals surface area contributed by atoms with E-state index < -0.39 is 0 Å². The van der Waals surface area contributed by atoms with E-state index in [2.05, 4.69) is 12.2 Å². The molecule has 1 atom stereocenters. The van der Waals surface area contributed by atoms with Crippen LogP contribution in [0.4, 0.5) is 0 Å². The molecule has 2 nitrogen and oxygen atoms in total. The molecule has 0 saturated heterocycles. The number of benzene rings is 1. The van der Waals surface area contributed by atoms with Crippen molar-refractivity contribution in [1.29, 1.82) is 0 Å². The van der Waals surface area contributed by atoms with Gasteiger partial charge >= 0.3 is 0 Å². The lowest BCUT2D eigenvalue weighted by Crippen LogP contribution is -1.93. The number of rotatable bonds is 2. The molecular weight excluding hydrogens is 176 g/mol. The fraction of sp³-hybridized carbons (Fsp3) is 0.333. The molecule has 0 fully saturated rings. The first-order valence-corrected chi connectivity index (χ1v) is 4.85. The maximum absolute atomic E-state index is 9.70. The summed E-state index contributed by atoms with van der Waals surface area (Å²) in [6.07, 6.45) is 6.49. The zero-order chi connectivity index (χ0) is 9.97. The number of aromatic hydroxyl groups is 1. The Morgan fingerprint density at radius 2 is 2.29 bits per heavy atom. The summed E-state index contributed by atoms with van der Waals surface area (Å²) in [5.41, 5.74) is 0.970. The maximum Gasteiger partial charge on any atom is 0.119 e. The summed E-state index contributed by atoms with van der Waals surface area (Å²) in [7, 11) is 1.64. The summed E-state index contributed by atoms with van der Waals surface area (Å²) >= 11 is 0. The molecule has 1 aromatic carbocycles. The lowest BCUT2D eigenvalue weighted by Gasteiger charge is -2.11. The highest BCUT2D eigenvalue weighted by Crippen LogP contribution is 2.35. The van der Waals surface area contributed by atoms with Crippen molar-refractivity contribution < 1.29 is 9.84 Å². The predicted molar refractivity (Wildman–Crippen MR) is 55.8 cm³/mol. The number of hydrogen-bond acceptors (Lipinski definition) is 2. The van der Waals surface area contributed by atoms with Crippen LogP contribution in [0.1, 0.15) is 24.3 Å². The van der Waals surface area contributed by atoms with E-state index in [0.717, 1.165) is 24.2 Å². The number of methoxy groups -OCH3 is 1. The normalized spacial score (nSPS) is 19.9. The second kappa shape index (κ2) is 3.74. The lowest BCUT2D eigenvalue weighted by molar-refractivity contribution is 0.410. The van der Waals surface area contributed by atoms with E-state index in [-0.39, 0.29) is 0 Å². The smallest absolute Gasteiger partial charge is 0.119 e. The van der Waals surface area contributed by atoms with Gasteiger partial charge in [0.25, 0.3) is 0 Å². The Labute approximate surface area is 83.8 Å². The van der Waals surface area contributed by atoms with Crippen LogP contribution >= 0.6 is 0 Å². The van der Waals surface area contributed by atoms with Crippen LogP contribution in [0.25, 0.3) is 0 Å². The van der Waals surface area contributed by atoms with E-state index in [9.17, 15) is 5.11 Å². The Morgan fingerprint density at radius 1 is 1.43 bits per heavy atom. The molecule has 1 aliphatic carbocycles. The molecule has 1 aromatic rings. The Kier molecular flexibility index (Phi) is 2.44. The van der Waals surface area contributed by atoms with Crippen LogP contribution in [-0.4, -0.2) is 12.2 Å². The first kappa shape index (κ1) is 9.13. The van der Waals surface area contributed by atoms with Crippen molar-refractivity contribution in [2.75, 3.05) is 7.11 Å². The van der Waals surface area contributed by atoms with Crippen molar-refractivity contribution >= 4 is 0 Å². The van der Waals surface area contributed by atoms with Gasteiger partial charge in [-0.15, -0.1) is 0 Å². The molecule has 2 heteroatoms. The van der Waals surface area contributed by atoms with E-state index in [1.54, 1.807) is 19.2 Å². The predicted octanol–water partition coefficient (Wildman–Crippen LogP) is 2.83. The van der Waals surface area contributed by atoms with Crippen LogP contribution in [0.2, 0.25) is 0 Å². The average molecular weight is 190 g/mol. The van der Waals surface area contributed by atoms with Crippen molar-refractivity contribution in [2.24, 2.45) is 0 Å². The molecule has 0 heterocycles. The van der Waals surface area contributed by atoms with Gasteiger partial charge in [-0.2, -0.15) is 0 Å². The molecule has 0 amide bonds. The van der Waals surface area contributed by atoms with Crippen LogP contribution in [0.5, 0.6) is 11.5 Å². The first-order chi connectivity index (χ1) is 6.81. The van der Waals surface area contributed by atoms with Gasteiger partial charge in [-0.3, -0.25) is 0 Å². The number of hydrogen-bond donors (Lipinski definition) is 1. The largest absolute Gasteiger partial charge is 0.508 e. The van der Waals surface area contributed by atoms with Gasteiger partial charge in [-0.05, 0) is 31.0 Å². The fourth-order valence-electron chi connectivity index (χ4n) is 1.85. The average Bonchev–Trinajstić information content (AvgIpc) is 2.71. The molecule has 0 aromatic heterocycles. The Hall–Kier alpha value is -1.44. The summed E-state index contributed by atoms with van der Waals surface area (Å²) in [6.45, 7) is 0. The Morgan fingerprint density at radius 3 is 2.93 bits per heavy atom. The zero-order valence-corrected chi connectivity index (χ0v) is 8.23. The third-order valence-corrected chi connectivity index (χ3v) is 2.65. The van der Waals surface area contributed by atoms with Gasteiger partial charge in [0.05, 0.1) is 7.11 Å². The minimum atomic E-state index is 0.352. The Bertz CT molecular complexity index is 355. The van der Waals surface area contributed by atoms with E-state index in [1.165, 1.54) is 0 Å². The Balaban J connectivity index is 2.35. The zero-order valence-electron chi connectivity index (χ0n) is 8.23. The molecule has 1 N–H and O–H groups in total. The van der Waals surface area contributed by atoms with Crippen molar-refractivity contribution in [3.8, 4) is 11.5 Å². The quantitative estimate of drug-likeness (QED) is 0.726. The van der Waals surface area contributed by atoms with Crippen LogP contribution in [0.3, 0.4) is 0 Å². The van der Waals surface area contributed by atoms with Crippen molar-refractivity contribution in [3.63, 3.8) is 0 Å². The summed E-state index contributed by atoms with van der Waals surface area (Å²) in [5, 5.41) is 9.70. The lowest BCUT2D eigenvalue weighted by atomic mass is 9.97. The van der Waals surface area contributed by atoms with Gasteiger partial charge in [-0.1, -0.05) is 12.2 Å². The molecule has 0 radical (unpaired) electrons.